The van der Waals surface area contributed by atoms with Crippen molar-refractivity contribution in [1.82, 2.24) is 5.32 Å². The average molecular weight is 213 g/mol. The van der Waals surface area contributed by atoms with Gasteiger partial charge in [-0.3, -0.25) is 0 Å². The van der Waals surface area contributed by atoms with Crippen molar-refractivity contribution in [2.24, 2.45) is 0 Å². The summed E-state index contributed by atoms with van der Waals surface area (Å²) in [6.45, 7) is 10.9. The van der Waals surface area contributed by atoms with Crippen molar-refractivity contribution in [3.05, 3.63) is 12.2 Å². The minimum atomic E-state index is 0.285. The van der Waals surface area contributed by atoms with Crippen LogP contribution in [0.25, 0.3) is 0 Å². The first kappa shape index (κ1) is 12.7. The zero-order valence-electron chi connectivity index (χ0n) is 9.92. The van der Waals surface area contributed by atoms with E-state index in [2.05, 4.69) is 11.9 Å². The van der Waals surface area contributed by atoms with E-state index in [1.165, 1.54) is 12.8 Å². The Morgan fingerprint density at radius 1 is 1.40 bits per heavy atom. The van der Waals surface area contributed by atoms with Crippen LogP contribution in [0.4, 0.5) is 0 Å². The molecule has 0 heterocycles. The molecule has 0 unspecified atom stereocenters. The standard InChI is InChI=1S/C12H23NO2/c1-10(2)15-7-6-14-9-11(3)8-13-12-4-5-12/h10,12-13H,3-9H2,1-2H3. The molecule has 1 N–H and O–H groups in total. The van der Waals surface area contributed by atoms with Crippen LogP contribution < -0.4 is 5.32 Å². The zero-order chi connectivity index (χ0) is 11.1. The first-order chi connectivity index (χ1) is 7.18. The lowest BCUT2D eigenvalue weighted by atomic mass is 10.3. The molecule has 15 heavy (non-hydrogen) atoms. The van der Waals surface area contributed by atoms with Gasteiger partial charge in [-0.15, -0.1) is 0 Å². The molecule has 0 aliphatic heterocycles. The fourth-order valence-electron chi connectivity index (χ4n) is 1.19. The Labute approximate surface area is 92.8 Å². The molecule has 0 saturated heterocycles. The van der Waals surface area contributed by atoms with Gasteiger partial charge >= 0.3 is 0 Å². The van der Waals surface area contributed by atoms with Crippen LogP contribution in [0.15, 0.2) is 12.2 Å². The third-order valence-corrected chi connectivity index (χ3v) is 2.20. The summed E-state index contributed by atoms with van der Waals surface area (Å²) in [5, 5.41) is 3.40. The molecule has 1 aliphatic carbocycles. The van der Waals surface area contributed by atoms with E-state index < -0.39 is 0 Å². The minimum absolute atomic E-state index is 0.285. The smallest absolute Gasteiger partial charge is 0.0705 e. The number of hydrogen-bond acceptors (Lipinski definition) is 3. The summed E-state index contributed by atoms with van der Waals surface area (Å²) in [7, 11) is 0. The molecule has 0 amide bonds. The van der Waals surface area contributed by atoms with E-state index in [1.54, 1.807) is 0 Å². The van der Waals surface area contributed by atoms with Crippen molar-refractivity contribution in [2.75, 3.05) is 26.4 Å². The van der Waals surface area contributed by atoms with E-state index in [4.69, 9.17) is 9.47 Å². The molecule has 0 spiro atoms. The molecule has 1 fully saturated rings. The summed E-state index contributed by atoms with van der Waals surface area (Å²) in [5.74, 6) is 0. The van der Waals surface area contributed by atoms with E-state index in [9.17, 15) is 0 Å². The normalized spacial score (nSPS) is 15.9. The number of nitrogens with one attached hydrogen (secondary N) is 1. The predicted octanol–water partition coefficient (Wildman–Crippen LogP) is 1.74. The maximum Gasteiger partial charge on any atom is 0.0705 e. The molecule has 88 valence electrons. The van der Waals surface area contributed by atoms with E-state index >= 15 is 0 Å². The van der Waals surface area contributed by atoms with Gasteiger partial charge < -0.3 is 14.8 Å². The monoisotopic (exact) mass is 213 g/mol. The van der Waals surface area contributed by atoms with Crippen LogP contribution in [0.3, 0.4) is 0 Å². The molecule has 1 saturated carbocycles. The Morgan fingerprint density at radius 2 is 2.13 bits per heavy atom. The Balaban J connectivity index is 1.83. The van der Waals surface area contributed by atoms with Gasteiger partial charge in [-0.05, 0) is 32.3 Å². The van der Waals surface area contributed by atoms with Crippen molar-refractivity contribution in [1.29, 1.82) is 0 Å². The first-order valence-corrected chi connectivity index (χ1v) is 5.78. The van der Waals surface area contributed by atoms with Gasteiger partial charge in [-0.25, -0.2) is 0 Å². The molecule has 1 aliphatic rings. The van der Waals surface area contributed by atoms with Crippen molar-refractivity contribution < 1.29 is 9.47 Å². The summed E-state index contributed by atoms with van der Waals surface area (Å²) in [5.41, 5.74) is 1.12. The van der Waals surface area contributed by atoms with Gasteiger partial charge in [0.05, 0.1) is 25.9 Å². The van der Waals surface area contributed by atoms with Gasteiger partial charge in [0.2, 0.25) is 0 Å². The lowest BCUT2D eigenvalue weighted by Gasteiger charge is -2.10. The van der Waals surface area contributed by atoms with Crippen molar-refractivity contribution >= 4 is 0 Å². The van der Waals surface area contributed by atoms with Gasteiger partial charge in [0.15, 0.2) is 0 Å². The van der Waals surface area contributed by atoms with Crippen LogP contribution in [0.5, 0.6) is 0 Å². The van der Waals surface area contributed by atoms with Crippen LogP contribution in [0, 0.1) is 0 Å². The SMILES string of the molecule is C=C(CNC1CC1)COCCOC(C)C. The van der Waals surface area contributed by atoms with Crippen LogP contribution in [0.1, 0.15) is 26.7 Å². The highest BCUT2D eigenvalue weighted by Gasteiger charge is 2.19. The second kappa shape index (κ2) is 6.99. The third-order valence-electron chi connectivity index (χ3n) is 2.20. The van der Waals surface area contributed by atoms with Crippen LogP contribution in [0.2, 0.25) is 0 Å². The van der Waals surface area contributed by atoms with E-state index in [0.717, 1.165) is 18.2 Å². The van der Waals surface area contributed by atoms with Crippen molar-refractivity contribution in [3.63, 3.8) is 0 Å². The molecule has 0 aromatic carbocycles. The lowest BCUT2D eigenvalue weighted by molar-refractivity contribution is 0.0252. The molecule has 0 aromatic rings. The second-order valence-electron chi connectivity index (χ2n) is 4.38. The lowest BCUT2D eigenvalue weighted by Crippen LogP contribution is -2.21. The molecular weight excluding hydrogens is 190 g/mol. The quantitative estimate of drug-likeness (QED) is 0.467. The highest BCUT2D eigenvalue weighted by Crippen LogP contribution is 2.18. The van der Waals surface area contributed by atoms with Gasteiger partial charge in [0.1, 0.15) is 0 Å². The zero-order valence-corrected chi connectivity index (χ0v) is 9.92. The molecule has 3 nitrogen and oxygen atoms in total. The number of hydrogen-bond donors (Lipinski definition) is 1. The van der Waals surface area contributed by atoms with Gasteiger partial charge in [0, 0.05) is 12.6 Å². The van der Waals surface area contributed by atoms with Crippen molar-refractivity contribution in [2.45, 2.75) is 38.8 Å². The van der Waals surface area contributed by atoms with Crippen LogP contribution in [-0.2, 0) is 9.47 Å². The van der Waals surface area contributed by atoms with E-state index in [0.29, 0.717) is 19.8 Å². The molecular formula is C12H23NO2. The molecule has 3 heteroatoms. The van der Waals surface area contributed by atoms with Gasteiger partial charge in [-0.1, -0.05) is 6.58 Å². The van der Waals surface area contributed by atoms with Gasteiger partial charge in [-0.2, -0.15) is 0 Å². The fraction of sp³-hybridized carbons (Fsp3) is 0.833. The highest BCUT2D eigenvalue weighted by atomic mass is 16.5. The maximum absolute atomic E-state index is 5.43. The Bertz CT molecular complexity index is 188. The average Bonchev–Trinajstić information content (AvgIpc) is 2.97. The first-order valence-electron chi connectivity index (χ1n) is 5.78. The number of rotatable bonds is 9. The molecule has 0 atom stereocenters. The van der Waals surface area contributed by atoms with Crippen LogP contribution >= 0.6 is 0 Å². The van der Waals surface area contributed by atoms with E-state index in [1.807, 2.05) is 13.8 Å². The summed E-state index contributed by atoms with van der Waals surface area (Å²) in [6.07, 6.45) is 2.92. The number of ether oxygens (including phenoxy) is 2. The Kier molecular flexibility index (Phi) is 5.91. The molecule has 0 aromatic heterocycles. The summed E-state index contributed by atoms with van der Waals surface area (Å²) >= 11 is 0. The predicted molar refractivity (Wildman–Crippen MR) is 62.1 cm³/mol. The van der Waals surface area contributed by atoms with Crippen LogP contribution in [-0.4, -0.2) is 38.5 Å². The molecule has 0 bridgehead atoms. The van der Waals surface area contributed by atoms with E-state index in [-0.39, 0.29) is 6.10 Å². The molecule has 1 rings (SSSR count). The maximum atomic E-state index is 5.43. The Morgan fingerprint density at radius 3 is 2.73 bits per heavy atom. The Hall–Kier alpha value is -0.380. The minimum Gasteiger partial charge on any atom is -0.376 e. The topological polar surface area (TPSA) is 30.5 Å². The second-order valence-corrected chi connectivity index (χ2v) is 4.38. The van der Waals surface area contributed by atoms with Crippen molar-refractivity contribution in [3.8, 4) is 0 Å². The summed E-state index contributed by atoms with van der Waals surface area (Å²) < 4.78 is 10.8. The highest BCUT2D eigenvalue weighted by molar-refractivity contribution is 4.99. The third kappa shape index (κ3) is 7.54. The fourth-order valence-corrected chi connectivity index (χ4v) is 1.19. The van der Waals surface area contributed by atoms with Gasteiger partial charge in [0.25, 0.3) is 0 Å². The molecule has 0 radical (unpaired) electrons. The largest absolute Gasteiger partial charge is 0.376 e. The summed E-state index contributed by atoms with van der Waals surface area (Å²) in [4.78, 5) is 0. The summed E-state index contributed by atoms with van der Waals surface area (Å²) in [6, 6.07) is 0.742.